The molecule has 7 heteroatoms. The Morgan fingerprint density at radius 3 is 2.58 bits per heavy atom. The van der Waals surface area contributed by atoms with Gasteiger partial charge in [0, 0.05) is 17.9 Å². The number of likely N-dealkylation sites (tertiary alicyclic amines) is 1. The smallest absolute Gasteiger partial charge is 0.143 e. The van der Waals surface area contributed by atoms with Crippen molar-refractivity contribution in [3.63, 3.8) is 0 Å². The molecule has 1 aliphatic rings. The summed E-state index contributed by atoms with van der Waals surface area (Å²) in [6, 6.07) is 15.2. The number of H-pyrrole nitrogens is 1. The fourth-order valence-electron chi connectivity index (χ4n) is 4.07. The minimum Gasteiger partial charge on any atom is -0.340 e. The number of hydrogen-bond acceptors (Lipinski definition) is 4. The molecule has 0 bridgehead atoms. The Labute approximate surface area is 185 Å². The summed E-state index contributed by atoms with van der Waals surface area (Å²) in [5.41, 5.74) is 4.79. The third kappa shape index (κ3) is 4.40. The Hall–Kier alpha value is -2.96. The first-order valence-electron chi connectivity index (χ1n) is 10.5. The first-order valence-corrected chi connectivity index (χ1v) is 10.9. The largest absolute Gasteiger partial charge is 0.340 e. The Morgan fingerprint density at radius 1 is 1.00 bits per heavy atom. The first-order chi connectivity index (χ1) is 15.2. The van der Waals surface area contributed by atoms with E-state index in [2.05, 4.69) is 49.4 Å². The number of halogens is 2. The average molecular weight is 436 g/mol. The number of aromatic amines is 1. The minimum absolute atomic E-state index is 0.0645. The average Bonchev–Trinajstić information content (AvgIpc) is 3.23. The molecule has 4 aromatic rings. The van der Waals surface area contributed by atoms with Crippen molar-refractivity contribution >= 4 is 34.1 Å². The number of fused-ring (bicyclic) bond motifs is 1. The Bertz CT molecular complexity index is 1200. The van der Waals surface area contributed by atoms with Gasteiger partial charge >= 0.3 is 0 Å². The van der Waals surface area contributed by atoms with Gasteiger partial charge < -0.3 is 10.3 Å². The van der Waals surface area contributed by atoms with Crippen LogP contribution >= 0.6 is 11.6 Å². The maximum atomic E-state index is 13.4. The van der Waals surface area contributed by atoms with Crippen molar-refractivity contribution in [2.75, 3.05) is 18.4 Å². The van der Waals surface area contributed by atoms with E-state index in [1.54, 1.807) is 12.1 Å². The van der Waals surface area contributed by atoms with Crippen molar-refractivity contribution in [2.45, 2.75) is 25.8 Å². The van der Waals surface area contributed by atoms with Crippen molar-refractivity contribution in [2.24, 2.45) is 0 Å². The molecule has 1 saturated heterocycles. The molecule has 2 aromatic carbocycles. The van der Waals surface area contributed by atoms with Gasteiger partial charge in [-0.1, -0.05) is 42.3 Å². The fraction of sp³-hybridized carbons (Fsp3) is 0.250. The normalized spacial score (nSPS) is 14.8. The molecular weight excluding hydrogens is 413 g/mol. The molecular formula is C24H23ClFN5. The summed E-state index contributed by atoms with van der Waals surface area (Å²) >= 11 is 5.90. The third-order valence-electron chi connectivity index (χ3n) is 5.73. The Morgan fingerprint density at radius 2 is 1.81 bits per heavy atom. The molecule has 0 amide bonds. The second-order valence-electron chi connectivity index (χ2n) is 7.96. The van der Waals surface area contributed by atoms with Crippen LogP contribution in [-0.4, -0.2) is 32.9 Å². The van der Waals surface area contributed by atoms with Gasteiger partial charge in [0.25, 0.3) is 0 Å². The van der Waals surface area contributed by atoms with Gasteiger partial charge in [-0.05, 0) is 61.3 Å². The second-order valence-corrected chi connectivity index (χ2v) is 8.36. The van der Waals surface area contributed by atoms with Crippen LogP contribution < -0.4 is 5.32 Å². The van der Waals surface area contributed by atoms with E-state index in [1.165, 1.54) is 50.3 Å². The third-order valence-corrected chi connectivity index (χ3v) is 6.02. The first kappa shape index (κ1) is 20.0. The highest BCUT2D eigenvalue weighted by Gasteiger charge is 2.12. The maximum absolute atomic E-state index is 13.4. The van der Waals surface area contributed by atoms with Crippen LogP contribution in [0.2, 0.25) is 5.02 Å². The van der Waals surface area contributed by atoms with Gasteiger partial charge in [0.1, 0.15) is 23.6 Å². The SMILES string of the molecule is Fc1ccc(Nc2ncnc3[nH]c(-c4ccc(CN5CCCCC5)cc4)cc23)cc1Cl. The molecule has 0 aliphatic carbocycles. The van der Waals surface area contributed by atoms with Crippen LogP contribution in [0.5, 0.6) is 0 Å². The van der Waals surface area contributed by atoms with Crippen molar-refractivity contribution < 1.29 is 4.39 Å². The van der Waals surface area contributed by atoms with Crippen molar-refractivity contribution in [3.8, 4) is 11.3 Å². The summed E-state index contributed by atoms with van der Waals surface area (Å²) in [5, 5.41) is 4.13. The van der Waals surface area contributed by atoms with Crippen molar-refractivity contribution in [3.05, 3.63) is 71.3 Å². The lowest BCUT2D eigenvalue weighted by Crippen LogP contribution is -2.28. The lowest BCUT2D eigenvalue weighted by Gasteiger charge is -2.26. The molecule has 5 nitrogen and oxygen atoms in total. The van der Waals surface area contributed by atoms with Gasteiger partial charge in [-0.2, -0.15) is 0 Å². The van der Waals surface area contributed by atoms with Crippen molar-refractivity contribution in [1.82, 2.24) is 19.9 Å². The van der Waals surface area contributed by atoms with E-state index in [-0.39, 0.29) is 5.02 Å². The highest BCUT2D eigenvalue weighted by molar-refractivity contribution is 6.31. The number of aromatic nitrogens is 3. The highest BCUT2D eigenvalue weighted by atomic mass is 35.5. The van der Waals surface area contributed by atoms with Gasteiger partial charge in [0.05, 0.1) is 10.4 Å². The highest BCUT2D eigenvalue weighted by Crippen LogP contribution is 2.30. The van der Waals surface area contributed by atoms with Crippen LogP contribution in [0.25, 0.3) is 22.3 Å². The fourth-order valence-corrected chi connectivity index (χ4v) is 4.25. The van der Waals surface area contributed by atoms with Crippen LogP contribution in [0.4, 0.5) is 15.9 Å². The van der Waals surface area contributed by atoms with Crippen LogP contribution in [0.15, 0.2) is 54.9 Å². The van der Waals surface area contributed by atoms with Crippen LogP contribution in [-0.2, 0) is 6.54 Å². The molecule has 0 spiro atoms. The zero-order chi connectivity index (χ0) is 21.2. The lowest BCUT2D eigenvalue weighted by atomic mass is 10.1. The maximum Gasteiger partial charge on any atom is 0.143 e. The van der Waals surface area contributed by atoms with Gasteiger partial charge in [-0.3, -0.25) is 4.90 Å². The molecule has 0 radical (unpaired) electrons. The zero-order valence-corrected chi connectivity index (χ0v) is 17.8. The van der Waals surface area contributed by atoms with E-state index in [1.807, 2.05) is 6.07 Å². The van der Waals surface area contributed by atoms with Crippen LogP contribution in [0.1, 0.15) is 24.8 Å². The standard InChI is InChI=1S/C24H23ClFN5/c25-20-12-18(8-9-21(20)26)29-23-19-13-22(30-24(19)28-15-27-23)17-6-4-16(5-7-17)14-31-10-2-1-3-11-31/h4-9,12-13,15H,1-3,10-11,14H2,(H2,27,28,29,30). The summed E-state index contributed by atoms with van der Waals surface area (Å²) in [5.74, 6) is 0.185. The van der Waals surface area contributed by atoms with Crippen molar-refractivity contribution in [1.29, 1.82) is 0 Å². The quantitative estimate of drug-likeness (QED) is 0.395. The van der Waals surface area contributed by atoms with Crippen LogP contribution in [0, 0.1) is 5.82 Å². The Kier molecular flexibility index (Phi) is 5.57. The summed E-state index contributed by atoms with van der Waals surface area (Å²) in [6.45, 7) is 3.39. The molecule has 2 aromatic heterocycles. The minimum atomic E-state index is -0.451. The second kappa shape index (κ2) is 8.65. The number of nitrogens with one attached hydrogen (secondary N) is 2. The van der Waals surface area contributed by atoms with E-state index in [9.17, 15) is 4.39 Å². The van der Waals surface area contributed by atoms with E-state index in [0.29, 0.717) is 11.5 Å². The molecule has 0 saturated carbocycles. The molecule has 1 aliphatic heterocycles. The molecule has 31 heavy (non-hydrogen) atoms. The number of piperidine rings is 1. The monoisotopic (exact) mass is 435 g/mol. The molecule has 2 N–H and O–H groups in total. The molecule has 1 fully saturated rings. The van der Waals surface area contributed by atoms with Gasteiger partial charge in [0.15, 0.2) is 0 Å². The van der Waals surface area contributed by atoms with E-state index < -0.39 is 5.82 Å². The van der Waals surface area contributed by atoms with E-state index in [0.717, 1.165) is 28.8 Å². The predicted molar refractivity (Wildman–Crippen MR) is 123 cm³/mol. The summed E-state index contributed by atoms with van der Waals surface area (Å²) in [7, 11) is 0. The number of nitrogens with zero attached hydrogens (tertiary/aromatic N) is 3. The van der Waals surface area contributed by atoms with E-state index >= 15 is 0 Å². The number of anilines is 2. The molecule has 0 unspecified atom stereocenters. The molecule has 158 valence electrons. The molecule has 5 rings (SSSR count). The number of benzene rings is 2. The van der Waals surface area contributed by atoms with Crippen LogP contribution in [0.3, 0.4) is 0 Å². The predicted octanol–water partition coefficient (Wildman–Crippen LogP) is 6.15. The molecule has 3 heterocycles. The van der Waals surface area contributed by atoms with E-state index in [4.69, 9.17) is 11.6 Å². The summed E-state index contributed by atoms with van der Waals surface area (Å²) in [6.07, 6.45) is 5.45. The Balaban J connectivity index is 1.38. The number of rotatable bonds is 5. The summed E-state index contributed by atoms with van der Waals surface area (Å²) in [4.78, 5) is 14.6. The van der Waals surface area contributed by atoms with Gasteiger partial charge in [-0.15, -0.1) is 0 Å². The van der Waals surface area contributed by atoms with Gasteiger partial charge in [-0.25, -0.2) is 14.4 Å². The summed E-state index contributed by atoms with van der Waals surface area (Å²) < 4.78 is 13.4. The topological polar surface area (TPSA) is 56.8 Å². The number of hydrogen-bond donors (Lipinski definition) is 2. The molecule has 0 atom stereocenters. The zero-order valence-electron chi connectivity index (χ0n) is 17.0. The van der Waals surface area contributed by atoms with Gasteiger partial charge in [0.2, 0.25) is 0 Å². The lowest BCUT2D eigenvalue weighted by molar-refractivity contribution is 0.221.